The number of hydrogen-bond donors (Lipinski definition) is 0. The molecule has 3 heterocycles. The van der Waals surface area contributed by atoms with Gasteiger partial charge in [-0.15, -0.1) is 34.0 Å². The zero-order valence-electron chi connectivity index (χ0n) is 52.4. The number of anilines is 12. The Morgan fingerprint density at radius 1 is 0.149 bits per heavy atom. The summed E-state index contributed by atoms with van der Waals surface area (Å²) in [7, 11) is 0. The minimum atomic E-state index is 1.06. The molecule has 452 valence electrons. The van der Waals surface area contributed by atoms with Gasteiger partial charge in [-0.2, -0.15) is 0 Å². The van der Waals surface area contributed by atoms with Crippen molar-refractivity contribution in [3.63, 3.8) is 0 Å². The summed E-state index contributed by atoms with van der Waals surface area (Å²) < 4.78 is 0. The van der Waals surface area contributed by atoms with Gasteiger partial charge >= 0.3 is 0 Å². The van der Waals surface area contributed by atoms with Gasteiger partial charge in [-0.3, -0.25) is 0 Å². The van der Waals surface area contributed by atoms with Gasteiger partial charge < -0.3 is 19.6 Å². The van der Waals surface area contributed by atoms with Crippen molar-refractivity contribution >= 4 is 102 Å². The first-order valence-electron chi connectivity index (χ1n) is 31.8. The van der Waals surface area contributed by atoms with Gasteiger partial charge in [0.15, 0.2) is 0 Å². The van der Waals surface area contributed by atoms with E-state index in [1.54, 1.807) is 0 Å². The lowest BCUT2D eigenvalue weighted by atomic mass is 10.0. The van der Waals surface area contributed by atoms with Gasteiger partial charge in [0, 0.05) is 97.5 Å². The number of hydrogen-bond acceptors (Lipinski definition) is 7. The summed E-state index contributed by atoms with van der Waals surface area (Å²) >= 11 is 5.48. The molecule has 7 heteroatoms. The van der Waals surface area contributed by atoms with E-state index in [-0.39, 0.29) is 0 Å². The Balaban J connectivity index is 0.726. The molecule has 0 saturated heterocycles. The van der Waals surface area contributed by atoms with Crippen LogP contribution in [-0.4, -0.2) is 0 Å². The van der Waals surface area contributed by atoms with E-state index in [1.165, 1.54) is 46.0 Å². The first kappa shape index (κ1) is 59.3. The smallest absolute Gasteiger partial charge is 0.0462 e. The molecule has 12 aromatic carbocycles. The third-order valence-corrected chi connectivity index (χ3v) is 20.4. The van der Waals surface area contributed by atoms with E-state index in [0.717, 1.165) is 102 Å². The van der Waals surface area contributed by atoms with E-state index < -0.39 is 0 Å². The molecule has 0 saturated carbocycles. The normalized spacial score (nSPS) is 11.1. The molecule has 0 spiro atoms. The number of aryl methyl sites for hydroxylation is 3. The van der Waals surface area contributed by atoms with Crippen LogP contribution in [0.2, 0.25) is 0 Å². The van der Waals surface area contributed by atoms with Gasteiger partial charge in [0.2, 0.25) is 0 Å². The fraction of sp³-hybridized carbons (Fsp3) is 0.0345. The van der Waals surface area contributed by atoms with E-state index in [2.05, 4.69) is 386 Å². The molecular formula is C87H66N4S3. The van der Waals surface area contributed by atoms with Crippen LogP contribution >= 0.6 is 34.0 Å². The largest absolute Gasteiger partial charge is 0.311 e. The van der Waals surface area contributed by atoms with Gasteiger partial charge in [-0.05, 0) is 253 Å². The summed E-state index contributed by atoms with van der Waals surface area (Å²) in [6.45, 7) is 6.49. The van der Waals surface area contributed by atoms with Crippen molar-refractivity contribution in [1.82, 2.24) is 0 Å². The summed E-state index contributed by atoms with van der Waals surface area (Å²) in [5.41, 5.74) is 23.7. The Bertz CT molecular complexity index is 4460. The summed E-state index contributed by atoms with van der Waals surface area (Å²) in [5.74, 6) is 0. The molecule has 0 bridgehead atoms. The van der Waals surface area contributed by atoms with Gasteiger partial charge in [-0.25, -0.2) is 0 Å². The van der Waals surface area contributed by atoms with E-state index >= 15 is 0 Å². The van der Waals surface area contributed by atoms with Gasteiger partial charge in [0.1, 0.15) is 0 Å². The third-order valence-electron chi connectivity index (χ3n) is 17.2. The lowest BCUT2D eigenvalue weighted by Gasteiger charge is -2.27. The van der Waals surface area contributed by atoms with Crippen LogP contribution < -0.4 is 19.6 Å². The number of para-hydroxylation sites is 3. The maximum atomic E-state index is 2.36. The van der Waals surface area contributed by atoms with Crippen molar-refractivity contribution in [3.05, 3.63) is 360 Å². The summed E-state index contributed by atoms with van der Waals surface area (Å²) in [6, 6.07) is 126. The van der Waals surface area contributed by atoms with E-state index in [4.69, 9.17) is 0 Å². The van der Waals surface area contributed by atoms with Gasteiger partial charge in [-0.1, -0.05) is 164 Å². The average molecular weight is 1260 g/mol. The third kappa shape index (κ3) is 12.7. The first-order chi connectivity index (χ1) is 46.3. The average Bonchev–Trinajstić information content (AvgIpc) is 0.936. The molecule has 3 aromatic heterocycles. The maximum absolute atomic E-state index is 2.36. The Morgan fingerprint density at radius 3 is 0.447 bits per heavy atom. The van der Waals surface area contributed by atoms with Crippen LogP contribution in [0, 0.1) is 20.8 Å². The standard InChI is InChI=1S/C87H66N4S3/c1-61-19-58-85(92-61)70-34-52-82(53-35-70)88(73-13-7-4-8-14-73)76-40-22-64(23-41-76)67-28-46-79(47-29-67)91(80-48-30-68(31-49-80)65-24-42-77(43-25-65)89(74-15-9-5-10-16-74)83-54-36-71(37-55-83)86-59-20-62(2)93-86)81-50-32-69(33-51-81)66-26-44-78(45-27-66)90(75-17-11-6-12-18-75)84-56-38-72(39-57-84)87-60-21-63(3)94-87/h4-60H,1-3H3. The van der Waals surface area contributed by atoms with Crippen molar-refractivity contribution in [2.75, 3.05) is 19.6 Å². The van der Waals surface area contributed by atoms with Crippen LogP contribution in [0.15, 0.2) is 346 Å². The predicted octanol–water partition coefficient (Wildman–Crippen LogP) is 26.7. The zero-order chi connectivity index (χ0) is 63.3. The molecule has 0 atom stereocenters. The number of rotatable bonds is 18. The Hall–Kier alpha value is -11.1. The van der Waals surface area contributed by atoms with Crippen molar-refractivity contribution < 1.29 is 0 Å². The Kier molecular flexibility index (Phi) is 16.8. The van der Waals surface area contributed by atoms with Crippen LogP contribution in [0.25, 0.3) is 64.7 Å². The van der Waals surface area contributed by atoms with Gasteiger partial charge in [0.05, 0.1) is 0 Å². The molecule has 0 radical (unpaired) electrons. The summed E-state index contributed by atoms with van der Waals surface area (Å²) in [6.07, 6.45) is 0. The molecule has 0 amide bonds. The van der Waals surface area contributed by atoms with Crippen LogP contribution in [0.5, 0.6) is 0 Å². The molecule has 0 aliphatic rings. The molecular weight excluding hydrogens is 1200 g/mol. The molecule has 94 heavy (non-hydrogen) atoms. The van der Waals surface area contributed by atoms with E-state index in [0.29, 0.717) is 0 Å². The van der Waals surface area contributed by atoms with Crippen LogP contribution in [0.1, 0.15) is 14.6 Å². The molecule has 0 unspecified atom stereocenters. The second-order valence-corrected chi connectivity index (χ2v) is 27.4. The minimum absolute atomic E-state index is 1.06. The van der Waals surface area contributed by atoms with Crippen molar-refractivity contribution in [2.45, 2.75) is 20.8 Å². The van der Waals surface area contributed by atoms with Gasteiger partial charge in [0.25, 0.3) is 0 Å². The summed E-state index contributed by atoms with van der Waals surface area (Å²) in [4.78, 5) is 17.1. The first-order valence-corrected chi connectivity index (χ1v) is 34.2. The quantitative estimate of drug-likeness (QED) is 0.0849. The predicted molar refractivity (Wildman–Crippen MR) is 406 cm³/mol. The van der Waals surface area contributed by atoms with Crippen molar-refractivity contribution in [2.24, 2.45) is 0 Å². The minimum Gasteiger partial charge on any atom is -0.311 e. The maximum Gasteiger partial charge on any atom is 0.0462 e. The fourth-order valence-electron chi connectivity index (χ4n) is 12.4. The highest BCUT2D eigenvalue weighted by molar-refractivity contribution is 7.16. The highest BCUT2D eigenvalue weighted by Crippen LogP contribution is 2.44. The van der Waals surface area contributed by atoms with Crippen LogP contribution in [0.3, 0.4) is 0 Å². The Labute approximate surface area is 563 Å². The Morgan fingerprint density at radius 2 is 0.298 bits per heavy atom. The number of nitrogens with zero attached hydrogens (tertiary/aromatic N) is 4. The molecule has 0 aliphatic heterocycles. The van der Waals surface area contributed by atoms with E-state index in [9.17, 15) is 0 Å². The lowest BCUT2D eigenvalue weighted by Crippen LogP contribution is -2.10. The topological polar surface area (TPSA) is 13.0 Å². The highest BCUT2D eigenvalue weighted by Gasteiger charge is 2.19. The molecule has 0 fully saturated rings. The number of benzene rings is 12. The number of thiophene rings is 3. The fourth-order valence-corrected chi connectivity index (χ4v) is 15.1. The molecule has 15 rings (SSSR count). The van der Waals surface area contributed by atoms with Crippen molar-refractivity contribution in [1.29, 1.82) is 0 Å². The van der Waals surface area contributed by atoms with Crippen molar-refractivity contribution in [3.8, 4) is 64.7 Å². The molecule has 15 aromatic rings. The second-order valence-electron chi connectivity index (χ2n) is 23.5. The zero-order valence-corrected chi connectivity index (χ0v) is 54.9. The lowest BCUT2D eigenvalue weighted by molar-refractivity contribution is 1.28. The molecule has 0 aliphatic carbocycles. The highest BCUT2D eigenvalue weighted by atomic mass is 32.1. The summed E-state index contributed by atoms with van der Waals surface area (Å²) in [5, 5.41) is 0. The SMILES string of the molecule is Cc1ccc(-c2ccc(N(c3ccccc3)c3ccc(-c4ccc(N(c5ccc(-c6ccc(N(c7ccccc7)c7ccc(-c8ccc(C)s8)cc7)cc6)cc5)c5ccc(-c6ccc(N(c7ccccc7)c7ccc(-c8ccc(C)s8)cc7)cc6)cc5)cc4)cc3)cc2)s1. The monoisotopic (exact) mass is 1260 g/mol. The van der Waals surface area contributed by atoms with E-state index in [1.807, 2.05) is 34.0 Å². The van der Waals surface area contributed by atoms with Crippen LogP contribution in [0.4, 0.5) is 68.2 Å². The molecule has 4 nitrogen and oxygen atoms in total. The molecule has 0 N–H and O–H groups in total. The second kappa shape index (κ2) is 26.6. The van der Waals surface area contributed by atoms with Crippen LogP contribution in [-0.2, 0) is 0 Å².